The minimum Gasteiger partial charge on any atom is -0.478 e. The zero-order valence-electron chi connectivity index (χ0n) is 10.2. The van der Waals surface area contributed by atoms with Crippen molar-refractivity contribution in [3.8, 4) is 0 Å². The molecule has 1 atom stereocenters. The van der Waals surface area contributed by atoms with E-state index in [1.54, 1.807) is 6.07 Å². The van der Waals surface area contributed by atoms with Gasteiger partial charge >= 0.3 is 5.97 Å². The van der Waals surface area contributed by atoms with E-state index in [4.69, 9.17) is 21.4 Å². The Morgan fingerprint density at radius 2 is 2.16 bits per heavy atom. The highest BCUT2D eigenvalue weighted by Gasteiger charge is 2.24. The van der Waals surface area contributed by atoms with Gasteiger partial charge in [-0.1, -0.05) is 17.7 Å². The maximum Gasteiger partial charge on any atom is 0.339 e. The summed E-state index contributed by atoms with van der Waals surface area (Å²) in [6, 6.07) is 4.57. The Balaban J connectivity index is 2.16. The number of ether oxygens (including phenoxy) is 1. The highest BCUT2D eigenvalue weighted by Crippen LogP contribution is 2.25. The molecular formula is C13H14ClNO4. The first-order valence-corrected chi connectivity index (χ1v) is 6.41. The van der Waals surface area contributed by atoms with Crippen LogP contribution in [0.15, 0.2) is 18.2 Å². The van der Waals surface area contributed by atoms with Gasteiger partial charge in [-0.05, 0) is 31.4 Å². The van der Waals surface area contributed by atoms with E-state index >= 15 is 0 Å². The molecule has 102 valence electrons. The monoisotopic (exact) mass is 283 g/mol. The Morgan fingerprint density at radius 1 is 1.37 bits per heavy atom. The number of carboxylic acids is 1. The lowest BCUT2D eigenvalue weighted by Gasteiger charge is -2.22. The number of amides is 1. The molecule has 2 rings (SSSR count). The van der Waals surface area contributed by atoms with Gasteiger partial charge < -0.3 is 15.2 Å². The molecule has 0 spiro atoms. The molecule has 2 N–H and O–H groups in total. The molecule has 0 aromatic heterocycles. The number of hydrogen-bond donors (Lipinski definition) is 2. The van der Waals surface area contributed by atoms with Crippen LogP contribution in [0.25, 0.3) is 0 Å². The van der Waals surface area contributed by atoms with Crippen LogP contribution in [0.3, 0.4) is 0 Å². The number of hydrogen-bond acceptors (Lipinski definition) is 3. The molecule has 5 nitrogen and oxygen atoms in total. The number of carbonyl (C=O) groups is 2. The lowest BCUT2D eigenvalue weighted by atomic mass is 10.1. The molecular weight excluding hydrogens is 270 g/mol. The summed E-state index contributed by atoms with van der Waals surface area (Å²) in [5.74, 6) is -1.50. The summed E-state index contributed by atoms with van der Waals surface area (Å²) < 4.78 is 5.35. The predicted octanol–water partition coefficient (Wildman–Crippen LogP) is 2.55. The summed E-state index contributed by atoms with van der Waals surface area (Å²) in [5, 5.41) is 11.8. The average Bonchev–Trinajstić information content (AvgIpc) is 2.39. The van der Waals surface area contributed by atoms with Crippen LogP contribution in [0.5, 0.6) is 0 Å². The zero-order valence-corrected chi connectivity index (χ0v) is 10.9. The van der Waals surface area contributed by atoms with Crippen molar-refractivity contribution < 1.29 is 19.4 Å². The van der Waals surface area contributed by atoms with E-state index < -0.39 is 12.1 Å². The number of carbonyl (C=O) groups excluding carboxylic acids is 1. The van der Waals surface area contributed by atoms with Crippen molar-refractivity contribution in [3.05, 3.63) is 28.8 Å². The molecule has 1 heterocycles. The van der Waals surface area contributed by atoms with Gasteiger partial charge in [0.2, 0.25) is 0 Å². The van der Waals surface area contributed by atoms with Crippen LogP contribution in [0.1, 0.15) is 29.6 Å². The minimum atomic E-state index is -1.18. The van der Waals surface area contributed by atoms with E-state index in [-0.39, 0.29) is 22.2 Å². The van der Waals surface area contributed by atoms with Gasteiger partial charge in [0.15, 0.2) is 0 Å². The molecule has 6 heteroatoms. The van der Waals surface area contributed by atoms with E-state index in [2.05, 4.69) is 5.32 Å². The normalized spacial score (nSPS) is 18.9. The third-order valence-electron chi connectivity index (χ3n) is 2.96. The lowest BCUT2D eigenvalue weighted by molar-refractivity contribution is -0.129. The van der Waals surface area contributed by atoms with Crippen molar-refractivity contribution in [2.75, 3.05) is 11.9 Å². The Hall–Kier alpha value is -1.59. The number of nitrogens with one attached hydrogen (secondary N) is 1. The zero-order chi connectivity index (χ0) is 13.8. The number of rotatable bonds is 3. The molecule has 19 heavy (non-hydrogen) atoms. The van der Waals surface area contributed by atoms with Crippen LogP contribution < -0.4 is 5.32 Å². The Labute approximate surface area is 115 Å². The molecule has 1 aliphatic rings. The first-order chi connectivity index (χ1) is 9.09. The second-order valence-corrected chi connectivity index (χ2v) is 4.72. The van der Waals surface area contributed by atoms with Crippen LogP contribution in [-0.4, -0.2) is 29.7 Å². The van der Waals surface area contributed by atoms with Crippen molar-refractivity contribution in [1.29, 1.82) is 0 Å². The highest BCUT2D eigenvalue weighted by molar-refractivity contribution is 6.34. The Bertz CT molecular complexity index is 497. The van der Waals surface area contributed by atoms with E-state index in [1.165, 1.54) is 12.1 Å². The maximum absolute atomic E-state index is 12.0. The highest BCUT2D eigenvalue weighted by atomic mass is 35.5. The summed E-state index contributed by atoms with van der Waals surface area (Å²) in [6.45, 7) is 0.555. The fraction of sp³-hybridized carbons (Fsp3) is 0.385. The first kappa shape index (κ1) is 13.8. The Morgan fingerprint density at radius 3 is 2.79 bits per heavy atom. The second kappa shape index (κ2) is 6.04. The maximum atomic E-state index is 12.0. The van der Waals surface area contributed by atoms with Gasteiger partial charge in [-0.2, -0.15) is 0 Å². The van der Waals surface area contributed by atoms with Gasteiger partial charge in [-0.3, -0.25) is 4.79 Å². The van der Waals surface area contributed by atoms with Crippen LogP contribution in [0.4, 0.5) is 5.69 Å². The second-order valence-electron chi connectivity index (χ2n) is 4.31. The van der Waals surface area contributed by atoms with Crippen molar-refractivity contribution in [2.45, 2.75) is 25.4 Å². The predicted molar refractivity (Wildman–Crippen MR) is 70.6 cm³/mol. The van der Waals surface area contributed by atoms with Gasteiger partial charge in [-0.15, -0.1) is 0 Å². The van der Waals surface area contributed by atoms with Gasteiger partial charge in [0.1, 0.15) is 11.7 Å². The molecule has 0 aliphatic carbocycles. The molecule has 1 fully saturated rings. The standard InChI is InChI=1S/C13H14ClNO4/c14-8-4-3-5-9(11(8)13(17)18)15-12(16)10-6-1-2-7-19-10/h3-5,10H,1-2,6-7H2,(H,15,16)(H,17,18). The van der Waals surface area contributed by atoms with Crippen LogP contribution in [-0.2, 0) is 9.53 Å². The summed E-state index contributed by atoms with van der Waals surface area (Å²) in [4.78, 5) is 23.1. The van der Waals surface area contributed by atoms with Crippen LogP contribution in [0.2, 0.25) is 5.02 Å². The third kappa shape index (κ3) is 3.24. The number of aromatic carboxylic acids is 1. The SMILES string of the molecule is O=C(O)c1c(Cl)cccc1NC(=O)C1CCCCO1. The van der Waals surface area contributed by atoms with Crippen LogP contribution in [0, 0.1) is 0 Å². The number of carboxylic acid groups (broad SMARTS) is 1. The molecule has 1 unspecified atom stereocenters. The molecule has 1 amide bonds. The molecule has 1 aliphatic heterocycles. The smallest absolute Gasteiger partial charge is 0.339 e. The fourth-order valence-corrected chi connectivity index (χ4v) is 2.26. The van der Waals surface area contributed by atoms with E-state index in [9.17, 15) is 9.59 Å². The number of benzene rings is 1. The van der Waals surface area contributed by atoms with Gasteiger partial charge in [0.05, 0.1) is 10.7 Å². The Kier molecular flexibility index (Phi) is 4.39. The van der Waals surface area contributed by atoms with E-state index in [0.29, 0.717) is 13.0 Å². The topological polar surface area (TPSA) is 75.6 Å². The molecule has 1 saturated heterocycles. The molecule has 0 saturated carbocycles. The van der Waals surface area contributed by atoms with Gasteiger partial charge in [-0.25, -0.2) is 4.79 Å². The van der Waals surface area contributed by atoms with Crippen molar-refractivity contribution in [1.82, 2.24) is 0 Å². The van der Waals surface area contributed by atoms with Crippen molar-refractivity contribution in [2.24, 2.45) is 0 Å². The largest absolute Gasteiger partial charge is 0.478 e. The van der Waals surface area contributed by atoms with Gasteiger partial charge in [0.25, 0.3) is 5.91 Å². The molecule has 1 aromatic carbocycles. The summed E-state index contributed by atoms with van der Waals surface area (Å²) >= 11 is 5.83. The van der Waals surface area contributed by atoms with E-state index in [1.807, 2.05) is 0 Å². The molecule has 0 radical (unpaired) electrons. The lowest BCUT2D eigenvalue weighted by Crippen LogP contribution is -2.33. The van der Waals surface area contributed by atoms with E-state index in [0.717, 1.165) is 12.8 Å². The van der Waals surface area contributed by atoms with Crippen molar-refractivity contribution in [3.63, 3.8) is 0 Å². The average molecular weight is 284 g/mol. The summed E-state index contributed by atoms with van der Waals surface area (Å²) in [7, 11) is 0. The van der Waals surface area contributed by atoms with Gasteiger partial charge in [0, 0.05) is 6.61 Å². The summed E-state index contributed by atoms with van der Waals surface area (Å²) in [5.41, 5.74) is 0.0903. The first-order valence-electron chi connectivity index (χ1n) is 6.04. The van der Waals surface area contributed by atoms with Crippen molar-refractivity contribution >= 4 is 29.2 Å². The molecule has 1 aromatic rings. The van der Waals surface area contributed by atoms with Crippen LogP contribution >= 0.6 is 11.6 Å². The number of anilines is 1. The summed E-state index contributed by atoms with van der Waals surface area (Å²) in [6.07, 6.45) is 2.00. The fourth-order valence-electron chi connectivity index (χ4n) is 2.01. The minimum absolute atomic E-state index is 0.0925. The third-order valence-corrected chi connectivity index (χ3v) is 3.27. The quantitative estimate of drug-likeness (QED) is 0.894. The molecule has 0 bridgehead atoms. The number of halogens is 1.